The van der Waals surface area contributed by atoms with Crippen LogP contribution >= 0.6 is 11.3 Å². The van der Waals surface area contributed by atoms with Gasteiger partial charge in [0, 0.05) is 17.8 Å². The Bertz CT molecular complexity index is 320. The van der Waals surface area contributed by atoms with Gasteiger partial charge in [-0.25, -0.2) is 4.98 Å². The standard InChI is InChI=1S/C12H23N3O2S/c1-10-12(18-9-15-10)3-6-17-8-11(16)7-14-5-2-4-13/h9,11,14,16H,2-8,13H2,1H3. The molecule has 104 valence electrons. The first-order valence-electron chi connectivity index (χ1n) is 6.29. The van der Waals surface area contributed by atoms with Crippen LogP contribution in [0.2, 0.25) is 0 Å². The Balaban J connectivity index is 1.98. The molecule has 0 aliphatic rings. The van der Waals surface area contributed by atoms with Crippen molar-refractivity contribution in [2.24, 2.45) is 5.73 Å². The average molecular weight is 273 g/mol. The van der Waals surface area contributed by atoms with E-state index >= 15 is 0 Å². The molecule has 1 heterocycles. The predicted octanol–water partition coefficient (Wildman–Crippen LogP) is 0.310. The van der Waals surface area contributed by atoms with Crippen molar-refractivity contribution in [2.75, 3.05) is 32.8 Å². The van der Waals surface area contributed by atoms with Gasteiger partial charge in [0.25, 0.3) is 0 Å². The molecule has 1 unspecified atom stereocenters. The normalized spacial score (nSPS) is 12.8. The molecule has 0 spiro atoms. The SMILES string of the molecule is Cc1ncsc1CCOCC(O)CNCCCN. The van der Waals surface area contributed by atoms with Gasteiger partial charge in [0.15, 0.2) is 0 Å². The third kappa shape index (κ3) is 6.42. The summed E-state index contributed by atoms with van der Waals surface area (Å²) in [4.78, 5) is 5.44. The van der Waals surface area contributed by atoms with Crippen molar-refractivity contribution in [3.05, 3.63) is 16.1 Å². The second-order valence-electron chi connectivity index (χ2n) is 4.19. The van der Waals surface area contributed by atoms with Gasteiger partial charge >= 0.3 is 0 Å². The smallest absolute Gasteiger partial charge is 0.0897 e. The van der Waals surface area contributed by atoms with E-state index in [4.69, 9.17) is 10.5 Å². The van der Waals surface area contributed by atoms with E-state index in [1.165, 1.54) is 4.88 Å². The fraction of sp³-hybridized carbons (Fsp3) is 0.750. The molecule has 5 nitrogen and oxygen atoms in total. The lowest BCUT2D eigenvalue weighted by molar-refractivity contribution is 0.0386. The Morgan fingerprint density at radius 2 is 2.44 bits per heavy atom. The van der Waals surface area contributed by atoms with E-state index in [9.17, 15) is 5.11 Å². The number of hydrogen-bond acceptors (Lipinski definition) is 6. The summed E-state index contributed by atoms with van der Waals surface area (Å²) in [7, 11) is 0. The number of thiazole rings is 1. The summed E-state index contributed by atoms with van der Waals surface area (Å²) in [5, 5.41) is 12.8. The van der Waals surface area contributed by atoms with Crippen LogP contribution in [0, 0.1) is 6.92 Å². The summed E-state index contributed by atoms with van der Waals surface area (Å²) in [5.74, 6) is 0. The lowest BCUT2D eigenvalue weighted by atomic mass is 10.3. The van der Waals surface area contributed by atoms with Gasteiger partial charge in [-0.05, 0) is 26.4 Å². The lowest BCUT2D eigenvalue weighted by Crippen LogP contribution is -2.31. The van der Waals surface area contributed by atoms with E-state index in [0.717, 1.165) is 25.1 Å². The van der Waals surface area contributed by atoms with Crippen LogP contribution in [0.25, 0.3) is 0 Å². The van der Waals surface area contributed by atoms with E-state index in [0.29, 0.717) is 26.3 Å². The van der Waals surface area contributed by atoms with E-state index in [2.05, 4.69) is 10.3 Å². The Labute approximate surface area is 112 Å². The highest BCUT2D eigenvalue weighted by atomic mass is 32.1. The maximum absolute atomic E-state index is 9.63. The minimum atomic E-state index is -0.453. The largest absolute Gasteiger partial charge is 0.389 e. The number of rotatable bonds is 10. The summed E-state index contributed by atoms with van der Waals surface area (Å²) >= 11 is 1.65. The highest BCUT2D eigenvalue weighted by Gasteiger charge is 2.05. The molecule has 0 bridgehead atoms. The molecule has 0 saturated carbocycles. The average Bonchev–Trinajstić information content (AvgIpc) is 2.76. The monoisotopic (exact) mass is 273 g/mol. The summed E-state index contributed by atoms with van der Waals surface area (Å²) in [5.41, 5.74) is 8.30. The number of aliphatic hydroxyl groups excluding tert-OH is 1. The zero-order chi connectivity index (χ0) is 13.2. The first kappa shape index (κ1) is 15.5. The van der Waals surface area contributed by atoms with Gasteiger partial charge in [-0.3, -0.25) is 0 Å². The Hall–Kier alpha value is -0.530. The molecule has 0 saturated heterocycles. The first-order chi connectivity index (χ1) is 8.74. The van der Waals surface area contributed by atoms with E-state index in [1.807, 2.05) is 12.4 Å². The molecule has 0 aliphatic carbocycles. The van der Waals surface area contributed by atoms with Crippen LogP contribution in [-0.4, -0.2) is 49.0 Å². The van der Waals surface area contributed by atoms with Crippen molar-refractivity contribution in [2.45, 2.75) is 25.9 Å². The van der Waals surface area contributed by atoms with Crippen LogP contribution in [0.15, 0.2) is 5.51 Å². The second-order valence-corrected chi connectivity index (χ2v) is 5.13. The van der Waals surface area contributed by atoms with Crippen LogP contribution < -0.4 is 11.1 Å². The van der Waals surface area contributed by atoms with Crippen LogP contribution in [-0.2, 0) is 11.2 Å². The van der Waals surface area contributed by atoms with Gasteiger partial charge in [0.1, 0.15) is 0 Å². The van der Waals surface area contributed by atoms with E-state index < -0.39 is 6.10 Å². The third-order valence-electron chi connectivity index (χ3n) is 2.57. The van der Waals surface area contributed by atoms with Gasteiger partial charge < -0.3 is 20.9 Å². The predicted molar refractivity (Wildman–Crippen MR) is 73.9 cm³/mol. The number of nitrogens with zero attached hydrogens (tertiary/aromatic N) is 1. The fourth-order valence-corrected chi connectivity index (χ4v) is 2.27. The van der Waals surface area contributed by atoms with Crippen LogP contribution in [0.4, 0.5) is 0 Å². The third-order valence-corrected chi connectivity index (χ3v) is 3.56. The number of nitrogens with one attached hydrogen (secondary N) is 1. The molecule has 1 atom stereocenters. The van der Waals surface area contributed by atoms with Crippen molar-refractivity contribution < 1.29 is 9.84 Å². The van der Waals surface area contributed by atoms with Crippen LogP contribution in [0.5, 0.6) is 0 Å². The van der Waals surface area contributed by atoms with Gasteiger partial charge in [0.2, 0.25) is 0 Å². The number of nitrogens with two attached hydrogens (primary N) is 1. The van der Waals surface area contributed by atoms with Gasteiger partial charge in [-0.2, -0.15) is 0 Å². The highest BCUT2D eigenvalue weighted by Crippen LogP contribution is 2.12. The Morgan fingerprint density at radius 1 is 1.61 bits per heavy atom. The topological polar surface area (TPSA) is 80.4 Å². The van der Waals surface area contributed by atoms with Crippen molar-refractivity contribution in [1.29, 1.82) is 0 Å². The molecule has 1 aromatic rings. The summed E-state index contributed by atoms with van der Waals surface area (Å²) in [6, 6.07) is 0. The molecule has 4 N–H and O–H groups in total. The quantitative estimate of drug-likeness (QED) is 0.535. The van der Waals surface area contributed by atoms with Crippen molar-refractivity contribution in [3.63, 3.8) is 0 Å². The minimum absolute atomic E-state index is 0.369. The second kappa shape index (κ2) is 9.41. The Morgan fingerprint density at radius 3 is 3.11 bits per heavy atom. The lowest BCUT2D eigenvalue weighted by Gasteiger charge is -2.12. The molecule has 1 aromatic heterocycles. The number of aryl methyl sites for hydroxylation is 1. The maximum atomic E-state index is 9.63. The maximum Gasteiger partial charge on any atom is 0.0897 e. The molecule has 0 radical (unpaired) electrons. The molecule has 0 aromatic carbocycles. The number of hydrogen-bond donors (Lipinski definition) is 3. The molecule has 6 heteroatoms. The van der Waals surface area contributed by atoms with Crippen molar-refractivity contribution in [1.82, 2.24) is 10.3 Å². The molecule has 18 heavy (non-hydrogen) atoms. The van der Waals surface area contributed by atoms with Crippen LogP contribution in [0.1, 0.15) is 17.0 Å². The summed E-state index contributed by atoms with van der Waals surface area (Å²) in [6.45, 7) is 5.07. The van der Waals surface area contributed by atoms with Gasteiger partial charge in [-0.1, -0.05) is 0 Å². The van der Waals surface area contributed by atoms with Gasteiger partial charge in [-0.15, -0.1) is 11.3 Å². The molecule has 1 rings (SSSR count). The molecular formula is C12H23N3O2S. The summed E-state index contributed by atoms with van der Waals surface area (Å²) in [6.07, 6.45) is 1.34. The molecule has 0 fully saturated rings. The molecular weight excluding hydrogens is 250 g/mol. The van der Waals surface area contributed by atoms with E-state index in [1.54, 1.807) is 11.3 Å². The number of ether oxygens (including phenoxy) is 1. The zero-order valence-electron chi connectivity index (χ0n) is 10.9. The number of aliphatic hydroxyl groups is 1. The van der Waals surface area contributed by atoms with Crippen LogP contribution in [0.3, 0.4) is 0 Å². The van der Waals surface area contributed by atoms with E-state index in [-0.39, 0.29) is 0 Å². The zero-order valence-corrected chi connectivity index (χ0v) is 11.7. The first-order valence-corrected chi connectivity index (χ1v) is 7.17. The highest BCUT2D eigenvalue weighted by molar-refractivity contribution is 7.09. The molecule has 0 aliphatic heterocycles. The Kier molecular flexibility index (Phi) is 8.11. The molecule has 0 amide bonds. The van der Waals surface area contributed by atoms with Crippen molar-refractivity contribution >= 4 is 11.3 Å². The fourth-order valence-electron chi connectivity index (χ4n) is 1.51. The van der Waals surface area contributed by atoms with Crippen molar-refractivity contribution in [3.8, 4) is 0 Å². The minimum Gasteiger partial charge on any atom is -0.389 e. The van der Waals surface area contributed by atoms with Gasteiger partial charge in [0.05, 0.1) is 30.5 Å². The number of aromatic nitrogens is 1. The summed E-state index contributed by atoms with van der Waals surface area (Å²) < 4.78 is 5.44.